The molecule has 1 unspecified atom stereocenters. The molecule has 188 valence electrons. The number of anilines is 1. The van der Waals surface area contributed by atoms with Gasteiger partial charge in [0.1, 0.15) is 18.1 Å². The number of aliphatic hydroxyl groups is 1. The number of fused-ring (bicyclic) bond motifs is 1. The molecule has 1 atom stereocenters. The summed E-state index contributed by atoms with van der Waals surface area (Å²) in [6, 6.07) is 6.93. The van der Waals surface area contributed by atoms with Crippen LogP contribution in [0.4, 0.5) is 10.2 Å². The van der Waals surface area contributed by atoms with E-state index in [1.54, 1.807) is 13.1 Å². The molecule has 3 N–H and O–H groups in total. The lowest BCUT2D eigenvalue weighted by molar-refractivity contribution is 0.163. The van der Waals surface area contributed by atoms with E-state index in [1.807, 2.05) is 30.0 Å². The van der Waals surface area contributed by atoms with Gasteiger partial charge < -0.3 is 20.1 Å². The minimum Gasteiger partial charge on any atom is -0.489 e. The van der Waals surface area contributed by atoms with Crippen LogP contribution in [-0.4, -0.2) is 56.5 Å². The quantitative estimate of drug-likeness (QED) is 0.306. The number of nitrogens with one attached hydrogen (secondary N) is 2. The maximum absolute atomic E-state index is 15.1. The predicted molar refractivity (Wildman–Crippen MR) is 138 cm³/mol. The van der Waals surface area contributed by atoms with Crippen LogP contribution in [0.5, 0.6) is 5.75 Å². The van der Waals surface area contributed by atoms with Crippen molar-refractivity contribution < 1.29 is 14.2 Å². The maximum atomic E-state index is 15.1. The van der Waals surface area contributed by atoms with Gasteiger partial charge in [-0.15, -0.1) is 0 Å². The average molecular weight is 531 g/mol. The van der Waals surface area contributed by atoms with Crippen molar-refractivity contribution in [3.8, 4) is 17.0 Å². The second-order valence-electron chi connectivity index (χ2n) is 9.33. The van der Waals surface area contributed by atoms with Gasteiger partial charge in [0, 0.05) is 54.7 Å². The molecule has 1 aromatic carbocycles. The number of halogens is 3. The summed E-state index contributed by atoms with van der Waals surface area (Å²) in [6.07, 6.45) is 4.21. The van der Waals surface area contributed by atoms with E-state index in [-0.39, 0.29) is 12.1 Å². The van der Waals surface area contributed by atoms with E-state index >= 15 is 4.39 Å². The van der Waals surface area contributed by atoms with Gasteiger partial charge in [0.2, 0.25) is 0 Å². The molecule has 8 nitrogen and oxygen atoms in total. The first-order valence-corrected chi connectivity index (χ1v) is 12.2. The molecule has 0 amide bonds. The number of H-pyrrole nitrogens is 1. The van der Waals surface area contributed by atoms with E-state index in [2.05, 4.69) is 25.5 Å². The van der Waals surface area contributed by atoms with Gasteiger partial charge in [0.05, 0.1) is 27.2 Å². The van der Waals surface area contributed by atoms with Crippen molar-refractivity contribution in [2.24, 2.45) is 0 Å². The number of aromatic amines is 1. The third-order valence-corrected chi connectivity index (χ3v) is 6.82. The Morgan fingerprint density at radius 2 is 1.97 bits per heavy atom. The number of nitrogens with zero attached hydrogens (tertiary/aromatic N) is 4. The summed E-state index contributed by atoms with van der Waals surface area (Å²) in [4.78, 5) is 10.2. The Morgan fingerprint density at radius 1 is 1.22 bits per heavy atom. The Morgan fingerprint density at radius 3 is 2.67 bits per heavy atom. The standard InChI is InChI=1S/C25H25Cl2FN6O2/c1-14(35)7-31-25(2)12-34(13-25)24-21(28)5-15(8-30-24)23-17-6-16(3-4-22(17)32-33-23)36-11-18-19(26)9-29-10-20(18)27/h3-6,8-10,14,31,35H,7,11-13H2,1-2H3,(H,32,33). The van der Waals surface area contributed by atoms with Crippen molar-refractivity contribution in [2.75, 3.05) is 24.5 Å². The van der Waals surface area contributed by atoms with E-state index in [9.17, 15) is 5.11 Å². The second-order valence-corrected chi connectivity index (χ2v) is 10.1. The monoisotopic (exact) mass is 530 g/mol. The highest BCUT2D eigenvalue weighted by atomic mass is 35.5. The van der Waals surface area contributed by atoms with Crippen LogP contribution in [0.1, 0.15) is 19.4 Å². The van der Waals surface area contributed by atoms with Crippen molar-refractivity contribution in [1.82, 2.24) is 25.5 Å². The van der Waals surface area contributed by atoms with Gasteiger partial charge in [-0.05, 0) is 38.1 Å². The van der Waals surface area contributed by atoms with Gasteiger partial charge in [0.25, 0.3) is 0 Å². The van der Waals surface area contributed by atoms with Crippen molar-refractivity contribution in [3.05, 3.63) is 64.3 Å². The summed E-state index contributed by atoms with van der Waals surface area (Å²) in [6.45, 7) is 5.63. The fourth-order valence-corrected chi connectivity index (χ4v) is 4.75. The number of ether oxygens (including phenoxy) is 1. The zero-order valence-corrected chi connectivity index (χ0v) is 21.2. The van der Waals surface area contributed by atoms with Crippen LogP contribution in [0.2, 0.25) is 10.0 Å². The molecule has 0 saturated carbocycles. The van der Waals surface area contributed by atoms with Gasteiger partial charge >= 0.3 is 0 Å². The van der Waals surface area contributed by atoms with Gasteiger partial charge in [0.15, 0.2) is 11.6 Å². The molecule has 4 heterocycles. The Labute approximate surface area is 217 Å². The lowest BCUT2D eigenvalue weighted by Crippen LogP contribution is -2.68. The number of hydrogen-bond acceptors (Lipinski definition) is 7. The molecule has 1 aliphatic heterocycles. The molecule has 0 aliphatic carbocycles. The van der Waals surface area contributed by atoms with Gasteiger partial charge in [-0.3, -0.25) is 10.1 Å². The molecular weight excluding hydrogens is 506 g/mol. The van der Waals surface area contributed by atoms with Gasteiger partial charge in [-0.25, -0.2) is 9.37 Å². The Kier molecular flexibility index (Phi) is 6.74. The van der Waals surface area contributed by atoms with E-state index in [0.29, 0.717) is 58.1 Å². The molecule has 0 radical (unpaired) electrons. The molecule has 5 rings (SSSR count). The fourth-order valence-electron chi connectivity index (χ4n) is 4.28. The summed E-state index contributed by atoms with van der Waals surface area (Å²) in [5.74, 6) is 0.462. The van der Waals surface area contributed by atoms with Gasteiger partial charge in [-0.2, -0.15) is 5.10 Å². The van der Waals surface area contributed by atoms with Crippen LogP contribution < -0.4 is 15.0 Å². The number of aromatic nitrogens is 4. The highest BCUT2D eigenvalue weighted by Crippen LogP contribution is 2.33. The molecular formula is C25H25Cl2FN6O2. The van der Waals surface area contributed by atoms with Gasteiger partial charge in [-0.1, -0.05) is 23.2 Å². The summed E-state index contributed by atoms with van der Waals surface area (Å²) < 4.78 is 21.0. The number of aliphatic hydroxyl groups excluding tert-OH is 1. The molecule has 11 heteroatoms. The molecule has 0 spiro atoms. The van der Waals surface area contributed by atoms with Crippen molar-refractivity contribution in [1.29, 1.82) is 0 Å². The lowest BCUT2D eigenvalue weighted by Gasteiger charge is -2.49. The number of β-amino-alcohol motifs (C(OH)–C–C–N with tert-alkyl or cyclic N) is 1. The van der Waals surface area contributed by atoms with E-state index in [1.165, 1.54) is 18.5 Å². The summed E-state index contributed by atoms with van der Waals surface area (Å²) in [5.41, 5.74) is 2.36. The van der Waals surface area contributed by atoms with Crippen molar-refractivity contribution >= 4 is 39.9 Å². The summed E-state index contributed by atoms with van der Waals surface area (Å²) in [5, 5.41) is 21.8. The van der Waals surface area contributed by atoms with Crippen LogP contribution in [0, 0.1) is 5.82 Å². The molecule has 36 heavy (non-hydrogen) atoms. The Bertz CT molecular complexity index is 1390. The molecule has 4 aromatic rings. The van der Waals surface area contributed by atoms with Crippen molar-refractivity contribution in [3.63, 3.8) is 0 Å². The van der Waals surface area contributed by atoms with Crippen LogP contribution in [0.15, 0.2) is 42.9 Å². The van der Waals surface area contributed by atoms with Crippen LogP contribution in [0.3, 0.4) is 0 Å². The van der Waals surface area contributed by atoms with Crippen LogP contribution in [-0.2, 0) is 6.61 Å². The van der Waals surface area contributed by atoms with E-state index < -0.39 is 11.9 Å². The van der Waals surface area contributed by atoms with E-state index in [4.69, 9.17) is 27.9 Å². The minimum absolute atomic E-state index is 0.171. The van der Waals surface area contributed by atoms with Crippen LogP contribution in [0.25, 0.3) is 22.2 Å². The molecule has 1 saturated heterocycles. The third-order valence-electron chi connectivity index (χ3n) is 6.17. The topological polar surface area (TPSA) is 99.2 Å². The Hall–Kier alpha value is -2.98. The number of rotatable bonds is 8. The molecule has 1 fully saturated rings. The Balaban J connectivity index is 1.33. The molecule has 0 bridgehead atoms. The smallest absolute Gasteiger partial charge is 0.166 e. The first-order chi connectivity index (χ1) is 17.2. The predicted octanol–water partition coefficient (Wildman–Crippen LogP) is 4.59. The first kappa shape index (κ1) is 24.7. The highest BCUT2D eigenvalue weighted by Gasteiger charge is 2.40. The number of hydrogen-bond donors (Lipinski definition) is 3. The number of benzene rings is 1. The summed E-state index contributed by atoms with van der Waals surface area (Å²) in [7, 11) is 0. The zero-order valence-electron chi connectivity index (χ0n) is 19.7. The molecule has 1 aliphatic rings. The largest absolute Gasteiger partial charge is 0.489 e. The van der Waals surface area contributed by atoms with Crippen molar-refractivity contribution in [2.45, 2.75) is 32.1 Å². The number of pyridine rings is 2. The molecule has 3 aromatic heterocycles. The summed E-state index contributed by atoms with van der Waals surface area (Å²) >= 11 is 12.4. The zero-order chi connectivity index (χ0) is 25.4. The highest BCUT2D eigenvalue weighted by molar-refractivity contribution is 6.35. The average Bonchev–Trinajstić information content (AvgIpc) is 3.24. The maximum Gasteiger partial charge on any atom is 0.166 e. The second kappa shape index (κ2) is 9.82. The third kappa shape index (κ3) is 4.97. The minimum atomic E-state index is -0.439. The fraction of sp³-hybridized carbons (Fsp3) is 0.320. The first-order valence-electron chi connectivity index (χ1n) is 11.5. The van der Waals surface area contributed by atoms with Crippen LogP contribution >= 0.6 is 23.2 Å². The van der Waals surface area contributed by atoms with E-state index in [0.717, 1.165) is 10.9 Å². The SMILES string of the molecule is CC(O)CNC1(C)CN(c2ncc(-c3n[nH]c4ccc(OCc5c(Cl)cncc5Cl)cc34)cc2F)C1. The normalized spacial score (nSPS) is 15.7. The lowest BCUT2D eigenvalue weighted by atomic mass is 9.92.